The summed E-state index contributed by atoms with van der Waals surface area (Å²) in [5.74, 6) is 2.05. The first kappa shape index (κ1) is 62.0. The van der Waals surface area contributed by atoms with Gasteiger partial charge in [-0.05, 0) is 107 Å². The molecule has 0 spiro atoms. The molecule has 0 heterocycles. The van der Waals surface area contributed by atoms with Gasteiger partial charge in [-0.25, -0.2) is 0 Å². The lowest BCUT2D eigenvalue weighted by molar-refractivity contribution is -0.122. The van der Waals surface area contributed by atoms with E-state index >= 15 is 0 Å². The number of aryl methyl sites for hydroxylation is 1. The van der Waals surface area contributed by atoms with Crippen molar-refractivity contribution in [2.75, 3.05) is 24.2 Å². The molecule has 10 nitrogen and oxygen atoms in total. The summed E-state index contributed by atoms with van der Waals surface area (Å²) in [4.78, 5) is 24.2. The van der Waals surface area contributed by atoms with Gasteiger partial charge in [-0.2, -0.15) is 0 Å². The molecule has 5 atom stereocenters. The molecule has 0 radical (unpaired) electrons. The van der Waals surface area contributed by atoms with Crippen LogP contribution < -0.4 is 38.5 Å². The molecular weight excluding hydrogens is 825 g/mol. The number of hydrogen-bond acceptors (Lipinski definition) is 9. The number of nitrogens with zero attached hydrogens (tertiary/aromatic N) is 1. The number of rotatable bonds is 34. The largest absolute Gasteiger partial charge is 0.386 e. The Morgan fingerprint density at radius 2 is 1.55 bits per heavy atom. The minimum Gasteiger partial charge on any atom is -0.386 e. The van der Waals surface area contributed by atoms with Gasteiger partial charge in [0, 0.05) is 71.3 Å². The molecule has 0 aliphatic carbocycles. The molecule has 11 heteroatoms. The lowest BCUT2D eigenvalue weighted by atomic mass is 9.84. The van der Waals surface area contributed by atoms with Crippen molar-refractivity contribution in [3.05, 3.63) is 147 Å². The van der Waals surface area contributed by atoms with Crippen molar-refractivity contribution in [3.63, 3.8) is 0 Å². The maximum Gasteiger partial charge on any atom is 0.220 e. The molecule has 0 saturated carbocycles. The molecule has 0 aliphatic rings. The number of benzene rings is 1. The highest BCUT2D eigenvalue weighted by molar-refractivity contribution is 8.00. The van der Waals surface area contributed by atoms with Gasteiger partial charge in [0.1, 0.15) is 0 Å². The van der Waals surface area contributed by atoms with Crippen molar-refractivity contribution in [1.82, 2.24) is 20.9 Å². The summed E-state index contributed by atoms with van der Waals surface area (Å²) in [6.07, 6.45) is 14.1. The number of unbranched alkanes of at least 4 members (excludes halogenated alkanes) is 2. The van der Waals surface area contributed by atoms with Gasteiger partial charge in [0.25, 0.3) is 0 Å². The highest BCUT2D eigenvalue weighted by Gasteiger charge is 2.28. The third kappa shape index (κ3) is 28.4. The molecule has 10 N–H and O–H groups in total. The van der Waals surface area contributed by atoms with E-state index < -0.39 is 0 Å². The van der Waals surface area contributed by atoms with Gasteiger partial charge < -0.3 is 43.4 Å². The molecule has 2 amide bonds. The fraction of sp³-hybridized carbons (Fsp3) is 0.500. The molecular formula is C54H90N8O2S. The Bertz CT molecular complexity index is 1680. The molecule has 0 aliphatic heterocycles. The fourth-order valence-corrected chi connectivity index (χ4v) is 8.02. The van der Waals surface area contributed by atoms with Crippen LogP contribution in [0.15, 0.2) is 142 Å². The maximum absolute atomic E-state index is 13.5. The number of nitrogens with two attached hydrogens (primary N) is 3. The Morgan fingerprint density at radius 1 is 0.938 bits per heavy atom. The summed E-state index contributed by atoms with van der Waals surface area (Å²) in [5.41, 5.74) is 26.0. The highest BCUT2D eigenvalue weighted by Crippen LogP contribution is 2.29. The van der Waals surface area contributed by atoms with Gasteiger partial charge in [-0.1, -0.05) is 123 Å². The summed E-state index contributed by atoms with van der Waals surface area (Å²) >= 11 is 1.85. The SMILES string of the molecule is C=C=CC.C=CCC(N)C(=C)NC(CSC(CC)C(=C)N(C=C)CCCCCC(=O)NC(C(C)C)C(CCCNC(=C)N)C(=C)Nc1ccc(CCC(=C)C(C)C)cc1)C(=C)C.NC=O. The van der Waals surface area contributed by atoms with Gasteiger partial charge in [-0.15, -0.1) is 24.1 Å². The number of anilines is 1. The predicted molar refractivity (Wildman–Crippen MR) is 287 cm³/mol. The second kappa shape index (κ2) is 37.2. The van der Waals surface area contributed by atoms with Crippen molar-refractivity contribution in [1.29, 1.82) is 0 Å². The van der Waals surface area contributed by atoms with Crippen LogP contribution in [0.1, 0.15) is 112 Å². The topological polar surface area (TPSA) is 164 Å². The molecule has 0 saturated heterocycles. The number of hydrogen-bond donors (Lipinski definition) is 7. The zero-order valence-corrected chi connectivity index (χ0v) is 42.4. The van der Waals surface area contributed by atoms with Gasteiger partial charge in [0.15, 0.2) is 0 Å². The first-order chi connectivity index (χ1) is 30.8. The van der Waals surface area contributed by atoms with E-state index in [9.17, 15) is 4.79 Å². The van der Waals surface area contributed by atoms with Crippen LogP contribution in [0.3, 0.4) is 0 Å². The van der Waals surface area contributed by atoms with Crippen LogP contribution in [0.5, 0.6) is 0 Å². The number of carbonyl (C=O) groups excluding carboxylic acids is 2. The monoisotopic (exact) mass is 915 g/mol. The van der Waals surface area contributed by atoms with Gasteiger partial charge in [0.2, 0.25) is 12.3 Å². The van der Waals surface area contributed by atoms with Gasteiger partial charge >= 0.3 is 0 Å². The molecule has 0 bridgehead atoms. The Balaban J connectivity index is 0. The van der Waals surface area contributed by atoms with E-state index in [0.717, 1.165) is 92.0 Å². The van der Waals surface area contributed by atoms with E-state index in [1.165, 1.54) is 11.1 Å². The Morgan fingerprint density at radius 3 is 2.05 bits per heavy atom. The molecule has 1 aromatic rings. The Kier molecular flexibility index (Phi) is 35.4. The third-order valence-corrected chi connectivity index (χ3v) is 12.4. The molecule has 0 aromatic heterocycles. The van der Waals surface area contributed by atoms with Crippen molar-refractivity contribution in [2.45, 2.75) is 136 Å². The zero-order chi connectivity index (χ0) is 49.9. The zero-order valence-electron chi connectivity index (χ0n) is 41.6. The molecule has 1 rings (SSSR count). The average Bonchev–Trinajstić information content (AvgIpc) is 3.26. The van der Waals surface area contributed by atoms with Crippen LogP contribution >= 0.6 is 11.8 Å². The van der Waals surface area contributed by atoms with Gasteiger partial charge in [0.05, 0.1) is 11.9 Å². The predicted octanol–water partition coefficient (Wildman–Crippen LogP) is 10.7. The molecule has 0 fully saturated rings. The van der Waals surface area contributed by atoms with E-state index in [2.05, 4.69) is 156 Å². The lowest BCUT2D eigenvalue weighted by Gasteiger charge is -2.33. The van der Waals surface area contributed by atoms with E-state index in [1.807, 2.05) is 37.9 Å². The van der Waals surface area contributed by atoms with Crippen molar-refractivity contribution in [2.24, 2.45) is 35.0 Å². The first-order valence-corrected chi connectivity index (χ1v) is 24.2. The highest BCUT2D eigenvalue weighted by atomic mass is 32.2. The second-order valence-corrected chi connectivity index (χ2v) is 18.2. The van der Waals surface area contributed by atoms with E-state index in [-0.39, 0.29) is 47.5 Å². The number of primary amides is 1. The van der Waals surface area contributed by atoms with Crippen LogP contribution in [0.4, 0.5) is 5.69 Å². The van der Waals surface area contributed by atoms with Crippen LogP contribution in [0, 0.1) is 17.8 Å². The summed E-state index contributed by atoms with van der Waals surface area (Å²) in [6.45, 7) is 52.8. The van der Waals surface area contributed by atoms with E-state index in [0.29, 0.717) is 31.1 Å². The number of allylic oxidation sites excluding steroid dienone is 2. The molecule has 65 heavy (non-hydrogen) atoms. The summed E-state index contributed by atoms with van der Waals surface area (Å²) in [6, 6.07) is 8.35. The average molecular weight is 915 g/mol. The van der Waals surface area contributed by atoms with Crippen LogP contribution in [-0.2, 0) is 16.0 Å². The standard InChI is InChI=1S/C49H81N7OS.C4H6.CH3NO/c1-15-22-45(51)39(12)54-46(35(6)7)33-58-47(16-2)40(13)56(17-3)32-20-18-19-24-48(57)55-49(36(8)9)44(23-21-31-52-41(14)50)38(11)53-43-29-27-42(28-30-43)26-25-37(10)34(4)5;1-3-4-2;2-1-3/h15,17,27-30,34,36,44-47,49,52-54H,1,3,6,10-14,16,18-26,31-33,50-51H2,2,4-5,7-9H3,(H,55,57);4H,1H2,2H3;1H,(H2,2,3). The first-order valence-electron chi connectivity index (χ1n) is 23.1. The number of nitrogens with one attached hydrogen (secondary N) is 4. The minimum absolute atomic E-state index is 0.0116. The quantitative estimate of drug-likeness (QED) is 0.0154. The summed E-state index contributed by atoms with van der Waals surface area (Å²) < 4.78 is 0. The third-order valence-electron chi connectivity index (χ3n) is 10.9. The molecule has 364 valence electrons. The van der Waals surface area contributed by atoms with Crippen molar-refractivity contribution in [3.8, 4) is 0 Å². The van der Waals surface area contributed by atoms with Crippen LogP contribution in [-0.4, -0.2) is 59.4 Å². The molecule has 1 aromatic carbocycles. The fourth-order valence-electron chi connectivity index (χ4n) is 6.66. The molecule has 5 unspecified atom stereocenters. The van der Waals surface area contributed by atoms with Crippen molar-refractivity contribution >= 4 is 29.8 Å². The maximum atomic E-state index is 13.5. The smallest absolute Gasteiger partial charge is 0.220 e. The van der Waals surface area contributed by atoms with Gasteiger partial charge in [-0.3, -0.25) is 9.59 Å². The summed E-state index contributed by atoms with van der Waals surface area (Å²) in [5, 5.41) is 13.8. The van der Waals surface area contributed by atoms with E-state index in [1.54, 1.807) is 6.08 Å². The number of thioether (sulfide) groups is 1. The normalized spacial score (nSPS) is 12.6. The minimum atomic E-state index is -0.184. The Labute approximate surface area is 400 Å². The lowest BCUT2D eigenvalue weighted by Crippen LogP contribution is -2.45. The number of carbonyl (C=O) groups is 2. The van der Waals surface area contributed by atoms with Crippen LogP contribution in [0.25, 0.3) is 0 Å². The summed E-state index contributed by atoms with van der Waals surface area (Å²) in [7, 11) is 0. The van der Waals surface area contributed by atoms with E-state index in [4.69, 9.17) is 16.3 Å². The van der Waals surface area contributed by atoms with Crippen LogP contribution in [0.2, 0.25) is 0 Å². The second-order valence-electron chi connectivity index (χ2n) is 16.9. The Hall–Kier alpha value is -5.09. The van der Waals surface area contributed by atoms with Crippen molar-refractivity contribution < 1.29 is 9.59 Å². The number of amides is 2.